The van der Waals surface area contributed by atoms with Crippen LogP contribution in [0.3, 0.4) is 0 Å². The molecule has 2 bridgehead atoms. The van der Waals surface area contributed by atoms with E-state index in [0.717, 1.165) is 76.2 Å². The highest BCUT2D eigenvalue weighted by molar-refractivity contribution is 6.01. The summed E-state index contributed by atoms with van der Waals surface area (Å²) in [6.45, 7) is 5.18. The quantitative estimate of drug-likeness (QED) is 0.210. The minimum Gasteiger partial charge on any atom is -0.494 e. The van der Waals surface area contributed by atoms with Crippen LogP contribution in [-0.4, -0.2) is 56.6 Å². The molecule has 3 N–H and O–H groups in total. The molecule has 1 saturated heterocycles. The van der Waals surface area contributed by atoms with Gasteiger partial charge in [0.2, 0.25) is 5.91 Å². The highest BCUT2D eigenvalue weighted by Gasteiger charge is 2.47. The Kier molecular flexibility index (Phi) is 6.76. The van der Waals surface area contributed by atoms with Gasteiger partial charge in [-0.25, -0.2) is 4.98 Å². The Morgan fingerprint density at radius 3 is 2.61 bits per heavy atom. The van der Waals surface area contributed by atoms with Crippen LogP contribution >= 0.6 is 0 Å². The van der Waals surface area contributed by atoms with E-state index in [1.54, 1.807) is 7.11 Å². The average Bonchev–Trinajstić information content (AvgIpc) is 3.47. The van der Waals surface area contributed by atoms with Crippen LogP contribution < -0.4 is 15.8 Å². The van der Waals surface area contributed by atoms with E-state index >= 15 is 0 Å². The summed E-state index contributed by atoms with van der Waals surface area (Å²) in [5, 5.41) is 3.99. The van der Waals surface area contributed by atoms with Crippen LogP contribution in [0.15, 0.2) is 73.3 Å². The summed E-state index contributed by atoms with van der Waals surface area (Å²) in [6.07, 6.45) is 5.77. The zero-order chi connectivity index (χ0) is 31.7. The standard InChI is InChI=1S/C37H38N6O3/c1-4-33(44)39-27-7-5-6-22(14-27)23-10-11-24-17-31(42(30(24)16-23)19-21-8-9-21)36-40-28-15-26(18-32(46-3)35(28)41(36)2)37(45)43-20-25-12-13-29(43)34(25)38/h4-7,10-11,14-18,21,25,29,34H,1,8-9,12-13,19-20,38H2,2-3H3,(H,39,44)/t25?,29?,34-/m1/s1. The van der Waals surface area contributed by atoms with Gasteiger partial charge in [0, 0.05) is 54.4 Å². The number of ether oxygens (including phenoxy) is 1. The smallest absolute Gasteiger partial charge is 0.254 e. The molecule has 2 saturated carbocycles. The minimum atomic E-state index is -0.238. The first-order valence-corrected chi connectivity index (χ1v) is 16.1. The van der Waals surface area contributed by atoms with E-state index in [1.807, 2.05) is 42.3 Å². The van der Waals surface area contributed by atoms with E-state index in [0.29, 0.717) is 23.1 Å². The average molecular weight is 615 g/mol. The molecule has 2 aromatic heterocycles. The van der Waals surface area contributed by atoms with Gasteiger partial charge in [-0.05, 0) is 91.1 Å². The predicted molar refractivity (Wildman–Crippen MR) is 181 cm³/mol. The number of piperidine rings is 1. The van der Waals surface area contributed by atoms with Crippen LogP contribution in [0.2, 0.25) is 0 Å². The van der Waals surface area contributed by atoms with Crippen molar-refractivity contribution in [3.05, 3.63) is 78.9 Å². The lowest BCUT2D eigenvalue weighted by Gasteiger charge is -2.27. The third-order valence-electron chi connectivity index (χ3n) is 10.2. The first-order valence-electron chi connectivity index (χ1n) is 16.1. The summed E-state index contributed by atoms with van der Waals surface area (Å²) in [4.78, 5) is 32.8. The number of aromatic nitrogens is 3. The molecule has 9 nitrogen and oxygen atoms in total. The summed E-state index contributed by atoms with van der Waals surface area (Å²) >= 11 is 0. The highest BCUT2D eigenvalue weighted by atomic mass is 16.5. The van der Waals surface area contributed by atoms with Crippen LogP contribution in [0.25, 0.3) is 44.6 Å². The number of benzene rings is 3. The van der Waals surface area contributed by atoms with Gasteiger partial charge in [0.1, 0.15) is 11.3 Å². The maximum Gasteiger partial charge on any atom is 0.254 e. The molecule has 2 aliphatic carbocycles. The second-order valence-corrected chi connectivity index (χ2v) is 13.1. The molecule has 3 heterocycles. The van der Waals surface area contributed by atoms with Crippen molar-refractivity contribution < 1.29 is 14.3 Å². The number of imidazole rings is 1. The molecular formula is C37H38N6O3. The molecular weight excluding hydrogens is 576 g/mol. The summed E-state index contributed by atoms with van der Waals surface area (Å²) in [5.74, 6) is 2.24. The topological polar surface area (TPSA) is 107 Å². The molecule has 3 atom stereocenters. The first kappa shape index (κ1) is 28.6. The highest BCUT2D eigenvalue weighted by Crippen LogP contribution is 2.41. The summed E-state index contributed by atoms with van der Waals surface area (Å²) in [7, 11) is 3.66. The van der Waals surface area contributed by atoms with Crippen molar-refractivity contribution in [1.29, 1.82) is 0 Å². The zero-order valence-corrected chi connectivity index (χ0v) is 26.2. The van der Waals surface area contributed by atoms with Gasteiger partial charge in [-0.3, -0.25) is 9.59 Å². The number of anilines is 1. The molecule has 2 amide bonds. The van der Waals surface area contributed by atoms with Crippen LogP contribution in [-0.2, 0) is 18.4 Å². The molecule has 9 heteroatoms. The molecule has 234 valence electrons. The summed E-state index contributed by atoms with van der Waals surface area (Å²) in [5.41, 5.74) is 13.6. The molecule has 1 aliphatic heterocycles. The Balaban J connectivity index is 1.21. The summed E-state index contributed by atoms with van der Waals surface area (Å²) in [6, 6.07) is 20.5. The van der Waals surface area contributed by atoms with E-state index < -0.39 is 0 Å². The number of likely N-dealkylation sites (tertiary alicyclic amines) is 1. The van der Waals surface area contributed by atoms with E-state index in [2.05, 4.69) is 51.4 Å². The fraction of sp³-hybridized carbons (Fsp3) is 0.324. The predicted octanol–water partition coefficient (Wildman–Crippen LogP) is 5.97. The third kappa shape index (κ3) is 4.69. The van der Waals surface area contributed by atoms with Crippen LogP contribution in [0.1, 0.15) is 36.0 Å². The van der Waals surface area contributed by atoms with E-state index in [1.165, 1.54) is 18.9 Å². The SMILES string of the molecule is C=CC(=O)Nc1cccc(-c2ccc3cc(-c4nc5cc(C(=O)N6CC7CCC6[C@@H]7N)cc(OC)c5n4C)n(CC4CC4)c3c2)c1. The molecule has 3 fully saturated rings. The Hall–Kier alpha value is -4.89. The second kappa shape index (κ2) is 10.9. The normalized spacial score (nSPS) is 20.5. The molecule has 0 radical (unpaired) electrons. The first-order chi connectivity index (χ1) is 22.3. The minimum absolute atomic E-state index is 0.00134. The van der Waals surface area contributed by atoms with Crippen LogP contribution in [0.4, 0.5) is 5.69 Å². The number of nitrogens with one attached hydrogen (secondary N) is 1. The zero-order valence-electron chi connectivity index (χ0n) is 26.2. The Morgan fingerprint density at radius 1 is 1.07 bits per heavy atom. The van der Waals surface area contributed by atoms with Gasteiger partial charge in [0.15, 0.2) is 5.82 Å². The van der Waals surface area contributed by atoms with Gasteiger partial charge in [0.05, 0.1) is 18.3 Å². The van der Waals surface area contributed by atoms with Gasteiger partial charge < -0.3 is 29.8 Å². The van der Waals surface area contributed by atoms with E-state index in [9.17, 15) is 9.59 Å². The number of nitrogens with two attached hydrogens (primary N) is 1. The van der Waals surface area contributed by atoms with Crippen molar-refractivity contribution in [3.8, 4) is 28.4 Å². The number of fused-ring (bicyclic) bond motifs is 4. The van der Waals surface area contributed by atoms with Crippen molar-refractivity contribution in [1.82, 2.24) is 19.0 Å². The number of rotatable bonds is 8. The summed E-state index contributed by atoms with van der Waals surface area (Å²) < 4.78 is 10.3. The second-order valence-electron chi connectivity index (χ2n) is 13.1. The van der Waals surface area contributed by atoms with Gasteiger partial charge in [-0.15, -0.1) is 0 Å². The lowest BCUT2D eigenvalue weighted by Crippen LogP contribution is -2.41. The maximum atomic E-state index is 13.7. The molecule has 8 rings (SSSR count). The van der Waals surface area contributed by atoms with Crippen molar-refractivity contribution >= 4 is 39.4 Å². The van der Waals surface area contributed by atoms with Crippen molar-refractivity contribution in [2.45, 2.75) is 44.3 Å². The van der Waals surface area contributed by atoms with E-state index in [-0.39, 0.29) is 23.9 Å². The number of hydrogen-bond donors (Lipinski definition) is 2. The number of amides is 2. The largest absolute Gasteiger partial charge is 0.494 e. The number of methoxy groups -OCH3 is 1. The van der Waals surface area contributed by atoms with Gasteiger partial charge in [-0.1, -0.05) is 30.8 Å². The number of carbonyl (C=O) groups is 2. The molecule has 0 spiro atoms. The number of aryl methyl sites for hydroxylation is 1. The molecule has 3 aliphatic rings. The number of hydrogen-bond acceptors (Lipinski definition) is 5. The molecule has 2 unspecified atom stereocenters. The Bertz CT molecular complexity index is 2050. The van der Waals surface area contributed by atoms with Gasteiger partial charge >= 0.3 is 0 Å². The number of nitrogens with zero attached hydrogens (tertiary/aromatic N) is 4. The van der Waals surface area contributed by atoms with Crippen LogP contribution in [0.5, 0.6) is 5.75 Å². The molecule has 5 aromatic rings. The van der Waals surface area contributed by atoms with Crippen molar-refractivity contribution in [2.24, 2.45) is 24.6 Å². The van der Waals surface area contributed by atoms with Gasteiger partial charge in [0.25, 0.3) is 5.91 Å². The van der Waals surface area contributed by atoms with Crippen molar-refractivity contribution in [2.75, 3.05) is 19.0 Å². The Labute approximate surface area is 267 Å². The lowest BCUT2D eigenvalue weighted by atomic mass is 10.0. The fourth-order valence-corrected chi connectivity index (χ4v) is 7.61. The molecule has 3 aromatic carbocycles. The van der Waals surface area contributed by atoms with Crippen LogP contribution in [0, 0.1) is 11.8 Å². The molecule has 46 heavy (non-hydrogen) atoms. The monoisotopic (exact) mass is 614 g/mol. The van der Waals surface area contributed by atoms with Gasteiger partial charge in [-0.2, -0.15) is 0 Å². The van der Waals surface area contributed by atoms with Crippen molar-refractivity contribution in [3.63, 3.8) is 0 Å². The third-order valence-corrected chi connectivity index (χ3v) is 10.2. The van der Waals surface area contributed by atoms with E-state index in [4.69, 9.17) is 15.5 Å². The Morgan fingerprint density at radius 2 is 1.89 bits per heavy atom. The lowest BCUT2D eigenvalue weighted by molar-refractivity contribution is -0.111. The maximum absolute atomic E-state index is 13.7. The number of carbonyl (C=O) groups excluding carboxylic acids is 2. The fourth-order valence-electron chi connectivity index (χ4n) is 7.61.